The van der Waals surface area contributed by atoms with E-state index in [0.29, 0.717) is 5.56 Å². The molecule has 1 aromatic carbocycles. The van der Waals surface area contributed by atoms with Crippen molar-refractivity contribution in [1.29, 1.82) is 0 Å². The van der Waals surface area contributed by atoms with E-state index in [9.17, 15) is 35.2 Å². The summed E-state index contributed by atoms with van der Waals surface area (Å²) in [5, 5.41) is 0. The molecule has 0 atom stereocenters. The number of aryl methyl sites for hydroxylation is 1. The van der Waals surface area contributed by atoms with Crippen LogP contribution >= 0.6 is 0 Å². The van der Waals surface area contributed by atoms with Gasteiger partial charge in [-0.2, -0.15) is 4.31 Å². The number of sulfonamides is 1. The van der Waals surface area contributed by atoms with Crippen LogP contribution in [0.25, 0.3) is 0 Å². The molecule has 0 aliphatic rings. The van der Waals surface area contributed by atoms with Gasteiger partial charge in [-0.3, -0.25) is 9.78 Å². The number of halogens is 5. The van der Waals surface area contributed by atoms with Crippen LogP contribution in [0.15, 0.2) is 23.4 Å². The second-order valence-electron chi connectivity index (χ2n) is 7.56. The first-order valence-electron chi connectivity index (χ1n) is 8.79. The topological polar surface area (TPSA) is 76.6 Å². The molecular formula is C19H19F5N2O4S. The summed E-state index contributed by atoms with van der Waals surface area (Å²) in [7, 11) is -5.38. The first-order chi connectivity index (χ1) is 14.2. The molecule has 0 bridgehead atoms. The lowest BCUT2D eigenvalue weighted by atomic mass is 10.1. The number of aromatic nitrogens is 1. The molecule has 2 rings (SSSR count). The minimum Gasteiger partial charge on any atom is -0.459 e. The number of carbonyl (C=O) groups excluding carboxylic acids is 1. The molecule has 31 heavy (non-hydrogen) atoms. The number of benzene rings is 1. The van der Waals surface area contributed by atoms with Crippen LogP contribution in [0.3, 0.4) is 0 Å². The maximum absolute atomic E-state index is 14.2. The normalized spacial score (nSPS) is 12.3. The Morgan fingerprint density at radius 1 is 1.03 bits per heavy atom. The zero-order chi connectivity index (χ0) is 23.7. The van der Waals surface area contributed by atoms with Gasteiger partial charge in [0.15, 0.2) is 28.2 Å². The maximum atomic E-state index is 14.2. The van der Waals surface area contributed by atoms with Crippen LogP contribution < -0.4 is 0 Å². The molecule has 1 aromatic heterocycles. The van der Waals surface area contributed by atoms with Crippen molar-refractivity contribution >= 4 is 16.0 Å². The first-order valence-corrected chi connectivity index (χ1v) is 10.2. The highest BCUT2D eigenvalue weighted by Gasteiger charge is 2.38. The quantitative estimate of drug-likeness (QED) is 0.281. The first kappa shape index (κ1) is 24.7. The maximum Gasteiger partial charge on any atom is 0.321 e. The van der Waals surface area contributed by atoms with Gasteiger partial charge >= 0.3 is 5.97 Å². The smallest absolute Gasteiger partial charge is 0.321 e. The second-order valence-corrected chi connectivity index (χ2v) is 9.44. The highest BCUT2D eigenvalue weighted by Crippen LogP contribution is 2.30. The fourth-order valence-electron chi connectivity index (χ4n) is 2.54. The van der Waals surface area contributed by atoms with Gasteiger partial charge in [0.1, 0.15) is 12.1 Å². The van der Waals surface area contributed by atoms with Gasteiger partial charge in [-0.1, -0.05) is 0 Å². The van der Waals surface area contributed by atoms with Crippen molar-refractivity contribution < 1.29 is 39.9 Å². The number of pyridine rings is 1. The standard InChI is InChI=1S/C19H19F5N2O4S/c1-10-5-6-25-7-11(10)8-26(9-12(27)30-19(2,3)4)31(28,29)18-16(23)14(21)13(20)15(22)17(18)24/h5-7H,8-9H2,1-4H3. The second kappa shape index (κ2) is 8.87. The van der Waals surface area contributed by atoms with Gasteiger partial charge in [-0.25, -0.2) is 30.4 Å². The van der Waals surface area contributed by atoms with E-state index in [2.05, 4.69) is 4.98 Å². The number of hydrogen-bond acceptors (Lipinski definition) is 5. The van der Waals surface area contributed by atoms with E-state index in [1.54, 1.807) is 6.92 Å². The number of nitrogens with zero attached hydrogens (tertiary/aromatic N) is 2. The van der Waals surface area contributed by atoms with E-state index in [-0.39, 0.29) is 9.87 Å². The van der Waals surface area contributed by atoms with E-state index in [1.807, 2.05) is 0 Å². The summed E-state index contributed by atoms with van der Waals surface area (Å²) < 4.78 is 100. The summed E-state index contributed by atoms with van der Waals surface area (Å²) in [4.78, 5) is 14.0. The predicted octanol–water partition coefficient (Wildman–Crippen LogP) is 3.62. The largest absolute Gasteiger partial charge is 0.459 e. The van der Waals surface area contributed by atoms with Crippen molar-refractivity contribution in [3.8, 4) is 0 Å². The van der Waals surface area contributed by atoms with Crippen LogP contribution in [0.1, 0.15) is 31.9 Å². The average Bonchev–Trinajstić information content (AvgIpc) is 2.64. The predicted molar refractivity (Wildman–Crippen MR) is 98.6 cm³/mol. The Morgan fingerprint density at radius 2 is 1.55 bits per heavy atom. The van der Waals surface area contributed by atoms with Crippen LogP contribution in [-0.2, 0) is 26.1 Å². The van der Waals surface area contributed by atoms with Crippen molar-refractivity contribution in [2.75, 3.05) is 6.54 Å². The zero-order valence-corrected chi connectivity index (χ0v) is 17.8. The fraction of sp³-hybridized carbons (Fsp3) is 0.368. The number of esters is 1. The van der Waals surface area contributed by atoms with E-state index in [1.165, 1.54) is 39.2 Å². The molecule has 0 unspecified atom stereocenters. The Morgan fingerprint density at radius 3 is 2.03 bits per heavy atom. The average molecular weight is 466 g/mol. The summed E-state index contributed by atoms with van der Waals surface area (Å²) in [5.74, 6) is -13.5. The Balaban J connectivity index is 2.62. The van der Waals surface area contributed by atoms with Crippen molar-refractivity contribution in [2.24, 2.45) is 0 Å². The Kier molecular flexibility index (Phi) is 7.06. The van der Waals surface area contributed by atoms with E-state index >= 15 is 0 Å². The Labute approximate surface area is 175 Å². The van der Waals surface area contributed by atoms with E-state index in [4.69, 9.17) is 4.74 Å². The third-order valence-corrected chi connectivity index (χ3v) is 5.80. The van der Waals surface area contributed by atoms with Crippen LogP contribution in [0, 0.1) is 36.0 Å². The summed E-state index contributed by atoms with van der Waals surface area (Å²) in [6.45, 7) is 4.39. The molecule has 0 aliphatic carbocycles. The number of rotatable bonds is 6. The molecule has 2 aromatic rings. The lowest BCUT2D eigenvalue weighted by Gasteiger charge is -2.25. The molecule has 12 heteroatoms. The molecule has 0 N–H and O–H groups in total. The van der Waals surface area contributed by atoms with Gasteiger partial charge in [0, 0.05) is 18.9 Å². The third kappa shape index (κ3) is 5.37. The summed E-state index contributed by atoms with van der Waals surface area (Å²) in [6, 6.07) is 1.51. The van der Waals surface area contributed by atoms with Gasteiger partial charge in [-0.15, -0.1) is 0 Å². The van der Waals surface area contributed by atoms with Crippen molar-refractivity contribution in [2.45, 2.75) is 44.7 Å². The van der Waals surface area contributed by atoms with E-state index < -0.39 is 68.7 Å². The highest BCUT2D eigenvalue weighted by atomic mass is 32.2. The highest BCUT2D eigenvalue weighted by molar-refractivity contribution is 7.89. The number of hydrogen-bond donors (Lipinski definition) is 0. The number of carbonyl (C=O) groups is 1. The minimum atomic E-state index is -5.38. The Hall–Kier alpha value is -2.60. The van der Waals surface area contributed by atoms with Gasteiger partial charge in [0.2, 0.25) is 15.8 Å². The summed E-state index contributed by atoms with van der Waals surface area (Å²) in [5.41, 5.74) is -0.281. The molecule has 0 aliphatic heterocycles. The molecule has 170 valence electrons. The summed E-state index contributed by atoms with van der Waals surface area (Å²) >= 11 is 0. The van der Waals surface area contributed by atoms with Crippen LogP contribution in [0.2, 0.25) is 0 Å². The van der Waals surface area contributed by atoms with Crippen LogP contribution in [0.5, 0.6) is 0 Å². The molecule has 6 nitrogen and oxygen atoms in total. The Bertz CT molecular complexity index is 1090. The number of ether oxygens (including phenoxy) is 1. The molecule has 0 spiro atoms. The van der Waals surface area contributed by atoms with Crippen LogP contribution in [-0.4, -0.2) is 35.8 Å². The van der Waals surface area contributed by atoms with Crippen molar-refractivity contribution in [3.63, 3.8) is 0 Å². The molecule has 1 heterocycles. The van der Waals surface area contributed by atoms with Crippen molar-refractivity contribution in [1.82, 2.24) is 9.29 Å². The third-order valence-electron chi connectivity index (χ3n) is 3.99. The lowest BCUT2D eigenvalue weighted by molar-refractivity contribution is -0.155. The van der Waals surface area contributed by atoms with Crippen molar-refractivity contribution in [3.05, 3.63) is 58.7 Å². The van der Waals surface area contributed by atoms with Gasteiger partial charge < -0.3 is 4.74 Å². The summed E-state index contributed by atoms with van der Waals surface area (Å²) in [6.07, 6.45) is 2.64. The lowest BCUT2D eigenvalue weighted by Crippen LogP contribution is -2.39. The molecule has 0 saturated carbocycles. The fourth-order valence-corrected chi connectivity index (χ4v) is 4.01. The molecule has 0 radical (unpaired) electrons. The molecule has 0 amide bonds. The van der Waals surface area contributed by atoms with Crippen LogP contribution in [0.4, 0.5) is 22.0 Å². The van der Waals surface area contributed by atoms with Gasteiger partial charge in [0.05, 0.1) is 0 Å². The van der Waals surface area contributed by atoms with Gasteiger partial charge in [-0.05, 0) is 44.9 Å². The zero-order valence-electron chi connectivity index (χ0n) is 17.0. The molecular weight excluding hydrogens is 447 g/mol. The van der Waals surface area contributed by atoms with Gasteiger partial charge in [0.25, 0.3) is 0 Å². The minimum absolute atomic E-state index is 0.235. The van der Waals surface area contributed by atoms with E-state index in [0.717, 1.165) is 0 Å². The monoisotopic (exact) mass is 466 g/mol. The molecule has 0 fully saturated rings. The molecule has 0 saturated heterocycles. The SMILES string of the molecule is Cc1ccncc1CN(CC(=O)OC(C)(C)C)S(=O)(=O)c1c(F)c(F)c(F)c(F)c1F.